The number of sulfonamides is 1. The summed E-state index contributed by atoms with van der Waals surface area (Å²) in [5, 5.41) is 4.44. The highest BCUT2D eigenvalue weighted by atomic mass is 32.2. The second-order valence-corrected chi connectivity index (χ2v) is 8.24. The van der Waals surface area contributed by atoms with Gasteiger partial charge in [0.05, 0.1) is 10.4 Å². The minimum Gasteiger partial charge on any atom is -0.355 e. The number of rotatable bonds is 7. The molecule has 0 saturated carbocycles. The molecule has 142 valence electrons. The van der Waals surface area contributed by atoms with E-state index in [1.807, 2.05) is 26.0 Å². The SMILES string of the molecule is CCc1ccc2nccc(Nc3ccc(S(=O)(=O)N(CC)CC)cc3)c2c1. The van der Waals surface area contributed by atoms with Gasteiger partial charge in [-0.25, -0.2) is 8.42 Å². The number of nitrogens with one attached hydrogen (secondary N) is 1. The summed E-state index contributed by atoms with van der Waals surface area (Å²) >= 11 is 0. The molecule has 0 spiro atoms. The van der Waals surface area contributed by atoms with E-state index in [4.69, 9.17) is 0 Å². The van der Waals surface area contributed by atoms with Gasteiger partial charge in [-0.15, -0.1) is 0 Å². The van der Waals surface area contributed by atoms with Crippen molar-refractivity contribution in [1.82, 2.24) is 9.29 Å². The van der Waals surface area contributed by atoms with Crippen molar-refractivity contribution in [3.8, 4) is 0 Å². The summed E-state index contributed by atoms with van der Waals surface area (Å²) in [4.78, 5) is 4.73. The fourth-order valence-corrected chi connectivity index (χ4v) is 4.56. The van der Waals surface area contributed by atoms with Crippen LogP contribution in [0.1, 0.15) is 26.3 Å². The Balaban J connectivity index is 1.90. The highest BCUT2D eigenvalue weighted by molar-refractivity contribution is 7.89. The molecule has 2 aromatic carbocycles. The number of fused-ring (bicyclic) bond motifs is 1. The summed E-state index contributed by atoms with van der Waals surface area (Å²) in [6, 6.07) is 15.1. The first-order valence-corrected chi connectivity index (χ1v) is 10.7. The van der Waals surface area contributed by atoms with E-state index in [2.05, 4.69) is 29.4 Å². The monoisotopic (exact) mass is 383 g/mol. The van der Waals surface area contributed by atoms with Gasteiger partial charge in [0.25, 0.3) is 0 Å². The fourth-order valence-electron chi connectivity index (χ4n) is 3.10. The first-order valence-electron chi connectivity index (χ1n) is 9.24. The maximum Gasteiger partial charge on any atom is 0.243 e. The molecule has 0 atom stereocenters. The van der Waals surface area contributed by atoms with Crippen molar-refractivity contribution in [1.29, 1.82) is 0 Å². The zero-order valence-corrected chi connectivity index (χ0v) is 16.8. The molecule has 0 fully saturated rings. The van der Waals surface area contributed by atoms with Crippen molar-refractivity contribution in [2.45, 2.75) is 32.1 Å². The Bertz CT molecular complexity index is 1030. The minimum atomic E-state index is -3.44. The van der Waals surface area contributed by atoms with E-state index in [-0.39, 0.29) is 0 Å². The maximum atomic E-state index is 12.6. The van der Waals surface area contributed by atoms with Crippen molar-refractivity contribution in [3.05, 3.63) is 60.3 Å². The van der Waals surface area contributed by atoms with Gasteiger partial charge in [0.2, 0.25) is 10.0 Å². The number of hydrogen-bond donors (Lipinski definition) is 1. The normalized spacial score (nSPS) is 11.9. The van der Waals surface area contributed by atoms with Crippen molar-refractivity contribution in [2.75, 3.05) is 18.4 Å². The van der Waals surface area contributed by atoms with Crippen LogP contribution in [0.4, 0.5) is 11.4 Å². The van der Waals surface area contributed by atoms with E-state index >= 15 is 0 Å². The van der Waals surface area contributed by atoms with Crippen LogP contribution >= 0.6 is 0 Å². The highest BCUT2D eigenvalue weighted by Crippen LogP contribution is 2.27. The molecule has 0 aliphatic heterocycles. The lowest BCUT2D eigenvalue weighted by Gasteiger charge is -2.18. The van der Waals surface area contributed by atoms with Crippen LogP contribution in [0, 0.1) is 0 Å². The molecule has 0 radical (unpaired) electrons. The quantitative estimate of drug-likeness (QED) is 0.649. The molecule has 0 saturated heterocycles. The van der Waals surface area contributed by atoms with Gasteiger partial charge in [-0.05, 0) is 54.4 Å². The van der Waals surface area contributed by atoms with Crippen molar-refractivity contribution in [3.63, 3.8) is 0 Å². The van der Waals surface area contributed by atoms with Crippen molar-refractivity contribution in [2.24, 2.45) is 0 Å². The van der Waals surface area contributed by atoms with Crippen LogP contribution in [0.3, 0.4) is 0 Å². The topological polar surface area (TPSA) is 62.3 Å². The third-order valence-electron chi connectivity index (χ3n) is 4.69. The summed E-state index contributed by atoms with van der Waals surface area (Å²) in [6.45, 7) is 6.73. The molecule has 1 heterocycles. The van der Waals surface area contributed by atoms with Gasteiger partial charge in [0.15, 0.2) is 0 Å². The standard InChI is InChI=1S/C21H25N3O2S/c1-4-16-7-12-20-19(15-16)21(13-14-22-20)23-17-8-10-18(11-9-17)27(25,26)24(5-2)6-3/h7-15H,4-6H2,1-3H3,(H,22,23). The number of nitrogens with zero attached hydrogens (tertiary/aromatic N) is 2. The Hall–Kier alpha value is -2.44. The molecule has 0 amide bonds. The lowest BCUT2D eigenvalue weighted by Crippen LogP contribution is -2.30. The average molecular weight is 384 g/mol. The second-order valence-electron chi connectivity index (χ2n) is 6.30. The smallest absolute Gasteiger partial charge is 0.243 e. The van der Waals surface area contributed by atoms with E-state index in [0.717, 1.165) is 28.7 Å². The zero-order chi connectivity index (χ0) is 19.4. The zero-order valence-electron chi connectivity index (χ0n) is 15.9. The number of pyridine rings is 1. The van der Waals surface area contributed by atoms with Gasteiger partial charge in [0.1, 0.15) is 0 Å². The lowest BCUT2D eigenvalue weighted by atomic mass is 10.1. The number of benzene rings is 2. The minimum absolute atomic E-state index is 0.310. The molecule has 0 aliphatic rings. The highest BCUT2D eigenvalue weighted by Gasteiger charge is 2.21. The second kappa shape index (κ2) is 8.06. The predicted octanol–water partition coefficient (Wildman–Crippen LogP) is 4.57. The summed E-state index contributed by atoms with van der Waals surface area (Å²) in [6.07, 6.45) is 2.73. The molecule has 3 aromatic rings. The number of anilines is 2. The molecule has 1 N–H and O–H groups in total. The van der Waals surface area contributed by atoms with Gasteiger partial charge in [-0.3, -0.25) is 4.98 Å². The molecule has 27 heavy (non-hydrogen) atoms. The van der Waals surface area contributed by atoms with E-state index in [9.17, 15) is 8.42 Å². The van der Waals surface area contributed by atoms with Gasteiger partial charge >= 0.3 is 0 Å². The maximum absolute atomic E-state index is 12.6. The molecule has 3 rings (SSSR count). The molecular weight excluding hydrogens is 358 g/mol. The van der Waals surface area contributed by atoms with Crippen LogP contribution in [0.2, 0.25) is 0 Å². The van der Waals surface area contributed by atoms with Crippen molar-refractivity contribution >= 4 is 32.3 Å². The third kappa shape index (κ3) is 3.96. The Kier molecular flexibility index (Phi) is 5.77. The van der Waals surface area contributed by atoms with E-state index in [1.165, 1.54) is 9.87 Å². The Morgan fingerprint density at radius 2 is 1.67 bits per heavy atom. The summed E-state index contributed by atoms with van der Waals surface area (Å²) in [5.41, 5.74) is 3.97. The molecule has 5 nitrogen and oxygen atoms in total. The number of aromatic nitrogens is 1. The number of hydrogen-bond acceptors (Lipinski definition) is 4. The van der Waals surface area contributed by atoms with Crippen LogP contribution in [-0.4, -0.2) is 30.8 Å². The summed E-state index contributed by atoms with van der Waals surface area (Å²) < 4.78 is 26.7. The molecular formula is C21H25N3O2S. The molecule has 1 aromatic heterocycles. The number of aryl methyl sites for hydroxylation is 1. The summed E-state index contributed by atoms with van der Waals surface area (Å²) in [5.74, 6) is 0. The Morgan fingerprint density at radius 1 is 0.963 bits per heavy atom. The molecule has 6 heteroatoms. The molecule has 0 unspecified atom stereocenters. The fraction of sp³-hybridized carbons (Fsp3) is 0.286. The molecule has 0 bridgehead atoms. The van der Waals surface area contributed by atoms with Gasteiger partial charge in [-0.2, -0.15) is 4.31 Å². The van der Waals surface area contributed by atoms with E-state index in [0.29, 0.717) is 18.0 Å². The van der Waals surface area contributed by atoms with Crippen LogP contribution in [-0.2, 0) is 16.4 Å². The van der Waals surface area contributed by atoms with E-state index in [1.54, 1.807) is 30.5 Å². The largest absolute Gasteiger partial charge is 0.355 e. The van der Waals surface area contributed by atoms with Gasteiger partial charge in [-0.1, -0.05) is 26.8 Å². The van der Waals surface area contributed by atoms with Crippen LogP contribution in [0.25, 0.3) is 10.9 Å². The van der Waals surface area contributed by atoms with Crippen LogP contribution < -0.4 is 5.32 Å². The lowest BCUT2D eigenvalue weighted by molar-refractivity contribution is 0.445. The van der Waals surface area contributed by atoms with Crippen LogP contribution in [0.5, 0.6) is 0 Å². The first kappa shape index (κ1) is 19.3. The molecule has 0 aliphatic carbocycles. The van der Waals surface area contributed by atoms with E-state index < -0.39 is 10.0 Å². The Morgan fingerprint density at radius 3 is 2.30 bits per heavy atom. The Labute approximate surface area is 161 Å². The van der Waals surface area contributed by atoms with Gasteiger partial charge < -0.3 is 5.32 Å². The third-order valence-corrected chi connectivity index (χ3v) is 6.75. The first-order chi connectivity index (χ1) is 13.0. The summed E-state index contributed by atoms with van der Waals surface area (Å²) in [7, 11) is -3.44. The van der Waals surface area contributed by atoms with Crippen molar-refractivity contribution < 1.29 is 8.42 Å². The average Bonchev–Trinajstić information content (AvgIpc) is 2.69. The van der Waals surface area contributed by atoms with Gasteiger partial charge in [0, 0.05) is 36.0 Å². The predicted molar refractivity (Wildman–Crippen MR) is 111 cm³/mol. The van der Waals surface area contributed by atoms with Crippen LogP contribution in [0.15, 0.2) is 59.6 Å².